The Morgan fingerprint density at radius 1 is 1.08 bits per heavy atom. The fourth-order valence-electron chi connectivity index (χ4n) is 2.49. The lowest BCUT2D eigenvalue weighted by atomic mass is 9.79. The summed E-state index contributed by atoms with van der Waals surface area (Å²) in [6, 6.07) is 0. The molecule has 0 amide bonds. The Labute approximate surface area is 83.4 Å². The Kier molecular flexibility index (Phi) is 5.19. The second kappa shape index (κ2) is 6.23. The molecule has 1 aliphatic rings. The molecule has 1 fully saturated rings. The summed E-state index contributed by atoms with van der Waals surface area (Å²) in [5, 5.41) is 0. The van der Waals surface area contributed by atoms with Crippen molar-refractivity contribution in [3.63, 3.8) is 0 Å². The molecule has 13 heavy (non-hydrogen) atoms. The molecule has 1 aliphatic carbocycles. The monoisotopic (exact) mass is 180 g/mol. The van der Waals surface area contributed by atoms with Gasteiger partial charge in [-0.15, -0.1) is 0 Å². The molecule has 0 heterocycles. The predicted octanol–water partition coefficient (Wildman–Crippen LogP) is 4.56. The van der Waals surface area contributed by atoms with Crippen molar-refractivity contribution >= 4 is 0 Å². The lowest BCUT2D eigenvalue weighted by molar-refractivity contribution is 0.263. The fraction of sp³-hybridized carbons (Fsp3) is 0.846. The largest absolute Gasteiger partial charge is 0.0917 e. The van der Waals surface area contributed by atoms with Gasteiger partial charge in [-0.25, -0.2) is 0 Å². The highest BCUT2D eigenvalue weighted by Crippen LogP contribution is 2.33. The van der Waals surface area contributed by atoms with E-state index in [-0.39, 0.29) is 0 Å². The average molecular weight is 180 g/mol. The first-order valence-electron chi connectivity index (χ1n) is 5.98. The van der Waals surface area contributed by atoms with E-state index in [1.54, 1.807) is 0 Å². The molecule has 0 aromatic heterocycles. The van der Waals surface area contributed by atoms with E-state index >= 15 is 0 Å². The molecule has 76 valence electrons. The third-order valence-electron chi connectivity index (χ3n) is 3.37. The highest BCUT2D eigenvalue weighted by molar-refractivity contribution is 4.83. The maximum Gasteiger partial charge on any atom is -0.0322 e. The number of hydrogen-bond acceptors (Lipinski definition) is 0. The molecule has 0 atom stereocenters. The zero-order valence-corrected chi connectivity index (χ0v) is 9.26. The first-order chi connectivity index (χ1) is 6.36. The fourth-order valence-corrected chi connectivity index (χ4v) is 2.49. The molecule has 0 aromatic carbocycles. The molecule has 0 saturated heterocycles. The van der Waals surface area contributed by atoms with Crippen LogP contribution in [0.2, 0.25) is 0 Å². The maximum absolute atomic E-state index is 2.34. The quantitative estimate of drug-likeness (QED) is 0.556. The van der Waals surface area contributed by atoms with E-state index in [0.717, 1.165) is 11.8 Å². The van der Waals surface area contributed by atoms with E-state index in [4.69, 9.17) is 0 Å². The predicted molar refractivity (Wildman–Crippen MR) is 59.8 cm³/mol. The molecular formula is C13H24. The third kappa shape index (κ3) is 3.97. The molecule has 0 heteroatoms. The summed E-state index contributed by atoms with van der Waals surface area (Å²) in [6.45, 7) is 4.44. The first kappa shape index (κ1) is 10.8. The van der Waals surface area contributed by atoms with Gasteiger partial charge in [0.1, 0.15) is 0 Å². The van der Waals surface area contributed by atoms with E-state index in [1.807, 2.05) is 0 Å². The van der Waals surface area contributed by atoms with Crippen LogP contribution in [0.15, 0.2) is 12.2 Å². The normalized spacial score (nSPS) is 29.7. The van der Waals surface area contributed by atoms with Crippen molar-refractivity contribution < 1.29 is 0 Å². The topological polar surface area (TPSA) is 0 Å². The lowest BCUT2D eigenvalue weighted by Gasteiger charge is -2.27. The van der Waals surface area contributed by atoms with Crippen LogP contribution in [0.3, 0.4) is 0 Å². The van der Waals surface area contributed by atoms with Gasteiger partial charge in [-0.2, -0.15) is 0 Å². The molecule has 1 rings (SSSR count). The summed E-state index contributed by atoms with van der Waals surface area (Å²) < 4.78 is 0. The van der Waals surface area contributed by atoms with Gasteiger partial charge in [-0.3, -0.25) is 0 Å². The second-order valence-electron chi connectivity index (χ2n) is 4.48. The SMILES string of the molecule is CC=CCC1CCC(CCC)CC1. The summed E-state index contributed by atoms with van der Waals surface area (Å²) in [5.74, 6) is 2.07. The standard InChI is InChI=1S/C13H24/c1-3-5-7-13-10-8-12(6-4-2)9-11-13/h3,5,12-13H,4,6-11H2,1-2H3. The highest BCUT2D eigenvalue weighted by atomic mass is 14.2. The Morgan fingerprint density at radius 2 is 1.69 bits per heavy atom. The van der Waals surface area contributed by atoms with E-state index in [0.29, 0.717) is 0 Å². The summed E-state index contributed by atoms with van der Waals surface area (Å²) in [5.41, 5.74) is 0. The summed E-state index contributed by atoms with van der Waals surface area (Å²) in [6.07, 6.45) is 14.7. The Hall–Kier alpha value is -0.260. The van der Waals surface area contributed by atoms with Crippen molar-refractivity contribution in [3.8, 4) is 0 Å². The van der Waals surface area contributed by atoms with Gasteiger partial charge >= 0.3 is 0 Å². The first-order valence-corrected chi connectivity index (χ1v) is 5.98. The van der Waals surface area contributed by atoms with Gasteiger partial charge in [0.15, 0.2) is 0 Å². The van der Waals surface area contributed by atoms with Gasteiger partial charge < -0.3 is 0 Å². The highest BCUT2D eigenvalue weighted by Gasteiger charge is 2.19. The van der Waals surface area contributed by atoms with Gasteiger partial charge in [0.05, 0.1) is 0 Å². The third-order valence-corrected chi connectivity index (χ3v) is 3.37. The van der Waals surface area contributed by atoms with Crippen LogP contribution in [0, 0.1) is 11.8 Å². The Bertz CT molecular complexity index is 138. The number of rotatable bonds is 4. The zero-order chi connectivity index (χ0) is 9.52. The van der Waals surface area contributed by atoms with Crippen LogP contribution in [0.25, 0.3) is 0 Å². The number of hydrogen-bond donors (Lipinski definition) is 0. The van der Waals surface area contributed by atoms with E-state index in [9.17, 15) is 0 Å². The van der Waals surface area contributed by atoms with Crippen LogP contribution in [0.4, 0.5) is 0 Å². The van der Waals surface area contributed by atoms with Gasteiger partial charge in [0.2, 0.25) is 0 Å². The molecule has 0 spiro atoms. The minimum atomic E-state index is 1.00. The van der Waals surface area contributed by atoms with Gasteiger partial charge in [0, 0.05) is 0 Å². The van der Waals surface area contributed by atoms with Crippen LogP contribution >= 0.6 is 0 Å². The zero-order valence-electron chi connectivity index (χ0n) is 9.26. The molecule has 0 aromatic rings. The van der Waals surface area contributed by atoms with Crippen LogP contribution in [0.5, 0.6) is 0 Å². The van der Waals surface area contributed by atoms with Crippen molar-refractivity contribution in [3.05, 3.63) is 12.2 Å². The number of allylic oxidation sites excluding steroid dienone is 2. The molecular weight excluding hydrogens is 156 g/mol. The molecule has 0 radical (unpaired) electrons. The van der Waals surface area contributed by atoms with Gasteiger partial charge in [0.25, 0.3) is 0 Å². The van der Waals surface area contributed by atoms with Crippen LogP contribution in [-0.2, 0) is 0 Å². The van der Waals surface area contributed by atoms with Crippen LogP contribution in [0.1, 0.15) is 58.8 Å². The minimum absolute atomic E-state index is 1.00. The van der Waals surface area contributed by atoms with Crippen molar-refractivity contribution in [1.29, 1.82) is 0 Å². The summed E-state index contributed by atoms with van der Waals surface area (Å²) in [7, 11) is 0. The maximum atomic E-state index is 2.34. The summed E-state index contributed by atoms with van der Waals surface area (Å²) >= 11 is 0. The Morgan fingerprint density at radius 3 is 2.23 bits per heavy atom. The van der Waals surface area contributed by atoms with Crippen LogP contribution in [-0.4, -0.2) is 0 Å². The summed E-state index contributed by atoms with van der Waals surface area (Å²) in [4.78, 5) is 0. The molecule has 0 unspecified atom stereocenters. The molecule has 0 aliphatic heterocycles. The molecule has 0 nitrogen and oxygen atoms in total. The smallest absolute Gasteiger partial charge is 0.0322 e. The van der Waals surface area contributed by atoms with Crippen molar-refractivity contribution in [1.82, 2.24) is 0 Å². The van der Waals surface area contributed by atoms with Crippen molar-refractivity contribution in [2.75, 3.05) is 0 Å². The van der Waals surface area contributed by atoms with E-state index in [1.165, 1.54) is 44.9 Å². The van der Waals surface area contributed by atoms with Crippen molar-refractivity contribution in [2.45, 2.75) is 58.8 Å². The van der Waals surface area contributed by atoms with E-state index in [2.05, 4.69) is 26.0 Å². The van der Waals surface area contributed by atoms with Gasteiger partial charge in [-0.05, 0) is 38.0 Å². The average Bonchev–Trinajstić information content (AvgIpc) is 2.17. The molecule has 1 saturated carbocycles. The minimum Gasteiger partial charge on any atom is -0.0917 e. The molecule has 0 bridgehead atoms. The molecule has 0 N–H and O–H groups in total. The lowest BCUT2D eigenvalue weighted by Crippen LogP contribution is -2.13. The van der Waals surface area contributed by atoms with Gasteiger partial charge in [-0.1, -0.05) is 44.8 Å². The van der Waals surface area contributed by atoms with Crippen molar-refractivity contribution in [2.24, 2.45) is 11.8 Å². The second-order valence-corrected chi connectivity index (χ2v) is 4.48. The Balaban J connectivity index is 2.14. The van der Waals surface area contributed by atoms with Crippen LogP contribution < -0.4 is 0 Å². The van der Waals surface area contributed by atoms with E-state index < -0.39 is 0 Å².